The molecule has 47 heavy (non-hydrogen) atoms. The van der Waals surface area contributed by atoms with Crippen molar-refractivity contribution in [3.63, 3.8) is 0 Å². The second kappa shape index (κ2) is 12.9. The van der Waals surface area contributed by atoms with Crippen LogP contribution in [0.3, 0.4) is 0 Å². The predicted octanol–water partition coefficient (Wildman–Crippen LogP) is 4.54. The molecule has 11 nitrogen and oxygen atoms in total. The Balaban J connectivity index is 1.31. The molecule has 6 atom stereocenters. The van der Waals surface area contributed by atoms with Gasteiger partial charge in [-0.15, -0.1) is 0 Å². The molecule has 5 aliphatic rings. The van der Waals surface area contributed by atoms with Gasteiger partial charge in [0.2, 0.25) is 5.91 Å². The van der Waals surface area contributed by atoms with Crippen LogP contribution in [0.15, 0.2) is 18.2 Å². The first kappa shape index (κ1) is 35.5. The van der Waals surface area contributed by atoms with Crippen molar-refractivity contribution in [2.75, 3.05) is 26.7 Å². The second-order valence-electron chi connectivity index (χ2n) is 16.5. The van der Waals surface area contributed by atoms with Gasteiger partial charge in [-0.05, 0) is 103 Å². The minimum atomic E-state index is -0.687. The molecule has 3 aliphatic carbocycles. The van der Waals surface area contributed by atoms with Crippen LogP contribution in [0.4, 0.5) is 4.79 Å². The number of likely N-dealkylation sites (tertiary alicyclic amines) is 1. The maximum absolute atomic E-state index is 13.5. The number of methoxy groups -OCH3 is 1. The smallest absolute Gasteiger partial charge is 0.482 e. The minimum Gasteiger partial charge on any atom is -0.496 e. The minimum absolute atomic E-state index is 0.0351. The number of hydrogen-bond acceptors (Lipinski definition) is 9. The first-order valence-corrected chi connectivity index (χ1v) is 17.0. The fourth-order valence-electron chi connectivity index (χ4n) is 7.92. The molecule has 2 bridgehead atoms. The Kier molecular flexibility index (Phi) is 9.73. The van der Waals surface area contributed by atoms with E-state index in [0.29, 0.717) is 42.7 Å². The van der Waals surface area contributed by atoms with Crippen LogP contribution >= 0.6 is 0 Å². The van der Waals surface area contributed by atoms with Crippen LogP contribution in [-0.4, -0.2) is 91.6 Å². The highest BCUT2D eigenvalue weighted by Gasteiger charge is 2.68. The third-order valence-electron chi connectivity index (χ3n) is 10.4. The summed E-state index contributed by atoms with van der Waals surface area (Å²) in [5.74, 6) is 0.0928. The van der Waals surface area contributed by atoms with Gasteiger partial charge in [-0.2, -0.15) is 0 Å². The summed E-state index contributed by atoms with van der Waals surface area (Å²) in [6.07, 6.45) is 2.66. The average molecular weight is 656 g/mol. The molecule has 2 aliphatic heterocycles. The Hall–Kier alpha value is -2.83. The van der Waals surface area contributed by atoms with E-state index < -0.39 is 35.8 Å². The molecule has 12 heteroatoms. The Morgan fingerprint density at radius 3 is 2.40 bits per heavy atom. The fourth-order valence-corrected chi connectivity index (χ4v) is 7.92. The summed E-state index contributed by atoms with van der Waals surface area (Å²) in [6, 6.07) is 5.33. The van der Waals surface area contributed by atoms with Crippen LogP contribution < -0.4 is 15.4 Å². The van der Waals surface area contributed by atoms with Crippen LogP contribution in [0.5, 0.6) is 5.75 Å². The number of para-hydroxylation sites is 1. The first-order valence-electron chi connectivity index (χ1n) is 17.0. The normalized spacial score (nSPS) is 28.6. The molecule has 3 saturated carbocycles. The van der Waals surface area contributed by atoms with Gasteiger partial charge in [0.25, 0.3) is 0 Å². The Morgan fingerprint density at radius 2 is 1.77 bits per heavy atom. The highest BCUT2D eigenvalue weighted by atomic mass is 16.7. The molecule has 260 valence electrons. The molecular weight excluding hydrogens is 601 g/mol. The van der Waals surface area contributed by atoms with Crippen molar-refractivity contribution in [3.05, 3.63) is 29.3 Å². The van der Waals surface area contributed by atoms with E-state index in [1.807, 2.05) is 47.6 Å². The van der Waals surface area contributed by atoms with Crippen molar-refractivity contribution < 1.29 is 37.9 Å². The number of amides is 2. The number of rotatable bonds is 9. The summed E-state index contributed by atoms with van der Waals surface area (Å²) >= 11 is 0. The maximum Gasteiger partial charge on any atom is 0.482 e. The van der Waals surface area contributed by atoms with Crippen molar-refractivity contribution in [1.29, 1.82) is 0 Å². The zero-order chi connectivity index (χ0) is 34.5. The largest absolute Gasteiger partial charge is 0.496 e. The SMILES string of the molecule is COc1c(CC(NC(=O)CNC2CCN(C(=O)OC(C)(C)C)C2)B2OC3CC4CC(C4(C)C)C3(C)O2)cccc1C(=O)OC(C)(C)C. The van der Waals surface area contributed by atoms with Gasteiger partial charge in [-0.1, -0.05) is 26.0 Å². The molecule has 6 rings (SSSR count). The third kappa shape index (κ3) is 7.59. The van der Waals surface area contributed by atoms with Gasteiger partial charge in [0.05, 0.1) is 31.3 Å². The molecule has 2 heterocycles. The lowest BCUT2D eigenvalue weighted by Gasteiger charge is -2.64. The van der Waals surface area contributed by atoms with Crippen molar-refractivity contribution in [2.24, 2.45) is 17.3 Å². The first-order chi connectivity index (χ1) is 21.8. The number of benzene rings is 1. The summed E-state index contributed by atoms with van der Waals surface area (Å²) in [5.41, 5.74) is -0.473. The van der Waals surface area contributed by atoms with Gasteiger partial charge in [-0.3, -0.25) is 4.79 Å². The van der Waals surface area contributed by atoms with Crippen LogP contribution in [0.2, 0.25) is 0 Å². The molecule has 2 amide bonds. The molecule has 6 unspecified atom stereocenters. The standard InChI is InChI=1S/C35H54BN3O8/c1-32(2,3)44-30(41)24-13-11-12-21(29(24)43-10)16-27(36-46-26-18-22-17-25(34(22,7)8)35(26,9)47-36)38-28(40)19-37-23-14-15-39(20-23)31(42)45-33(4,5)6/h11-13,22-23,25-27,37H,14-20H2,1-10H3,(H,38,40). The predicted molar refractivity (Wildman–Crippen MR) is 178 cm³/mol. The molecule has 0 radical (unpaired) electrons. The zero-order valence-electron chi connectivity index (χ0n) is 29.9. The van der Waals surface area contributed by atoms with Crippen molar-refractivity contribution >= 4 is 25.1 Å². The Labute approximate surface area is 280 Å². The van der Waals surface area contributed by atoms with Gasteiger partial charge in [0.15, 0.2) is 0 Å². The van der Waals surface area contributed by atoms with E-state index in [2.05, 4.69) is 31.4 Å². The molecule has 1 aromatic carbocycles. The topological polar surface area (TPSA) is 125 Å². The molecule has 5 fully saturated rings. The summed E-state index contributed by atoms with van der Waals surface area (Å²) in [7, 11) is 0.841. The summed E-state index contributed by atoms with van der Waals surface area (Å²) in [5, 5.41) is 6.49. The number of carbonyl (C=O) groups excluding carboxylic acids is 3. The van der Waals surface area contributed by atoms with Gasteiger partial charge in [0.1, 0.15) is 22.5 Å². The number of hydrogen-bond donors (Lipinski definition) is 2. The maximum atomic E-state index is 13.5. The van der Waals surface area contributed by atoms with Crippen molar-refractivity contribution in [2.45, 2.75) is 123 Å². The number of nitrogens with zero attached hydrogens (tertiary/aromatic N) is 1. The second-order valence-corrected chi connectivity index (χ2v) is 16.5. The highest BCUT2D eigenvalue weighted by Crippen LogP contribution is 2.65. The molecule has 2 saturated heterocycles. The monoisotopic (exact) mass is 655 g/mol. The Bertz CT molecular complexity index is 1360. The van der Waals surface area contributed by atoms with Crippen molar-refractivity contribution in [1.82, 2.24) is 15.5 Å². The van der Waals surface area contributed by atoms with Crippen LogP contribution in [0.1, 0.15) is 97.5 Å². The van der Waals surface area contributed by atoms with Crippen LogP contribution in [0.25, 0.3) is 0 Å². The van der Waals surface area contributed by atoms with Crippen LogP contribution in [-0.2, 0) is 30.0 Å². The van der Waals surface area contributed by atoms with Gasteiger partial charge in [0, 0.05) is 19.1 Å². The molecular formula is C35H54BN3O8. The lowest BCUT2D eigenvalue weighted by molar-refractivity contribution is -0.199. The van der Waals surface area contributed by atoms with E-state index in [1.165, 1.54) is 7.11 Å². The number of ether oxygens (including phenoxy) is 3. The summed E-state index contributed by atoms with van der Waals surface area (Å²) in [4.78, 5) is 40.8. The van der Waals surface area contributed by atoms with E-state index in [-0.39, 0.29) is 36.1 Å². The third-order valence-corrected chi connectivity index (χ3v) is 10.4. The Morgan fingerprint density at radius 1 is 1.06 bits per heavy atom. The zero-order valence-corrected chi connectivity index (χ0v) is 29.9. The van der Waals surface area contributed by atoms with Crippen molar-refractivity contribution in [3.8, 4) is 5.75 Å². The molecule has 1 aromatic rings. The number of esters is 1. The van der Waals surface area contributed by atoms with E-state index >= 15 is 0 Å². The van der Waals surface area contributed by atoms with E-state index in [4.69, 9.17) is 23.5 Å². The van der Waals surface area contributed by atoms with Gasteiger partial charge < -0.3 is 39.1 Å². The van der Waals surface area contributed by atoms with E-state index in [9.17, 15) is 14.4 Å². The van der Waals surface area contributed by atoms with Gasteiger partial charge in [-0.25, -0.2) is 9.59 Å². The highest BCUT2D eigenvalue weighted by molar-refractivity contribution is 6.48. The van der Waals surface area contributed by atoms with Crippen LogP contribution in [0, 0.1) is 17.3 Å². The lowest BCUT2D eigenvalue weighted by Crippen LogP contribution is -2.65. The molecule has 2 N–H and O–H groups in total. The quantitative estimate of drug-likeness (QED) is 0.292. The van der Waals surface area contributed by atoms with Gasteiger partial charge >= 0.3 is 19.2 Å². The van der Waals surface area contributed by atoms with E-state index in [1.54, 1.807) is 17.0 Å². The molecule has 0 spiro atoms. The lowest BCUT2D eigenvalue weighted by atomic mass is 9.43. The number of nitrogens with one attached hydrogen (secondary N) is 2. The fraction of sp³-hybridized carbons (Fsp3) is 0.743. The van der Waals surface area contributed by atoms with E-state index in [0.717, 1.165) is 24.8 Å². The average Bonchev–Trinajstić information content (AvgIpc) is 3.58. The summed E-state index contributed by atoms with van der Waals surface area (Å²) in [6.45, 7) is 18.9. The summed E-state index contributed by atoms with van der Waals surface area (Å²) < 4.78 is 30.4. The number of carbonyl (C=O) groups is 3. The molecule has 0 aromatic heterocycles.